The molecule has 0 spiro atoms. The summed E-state index contributed by atoms with van der Waals surface area (Å²) < 4.78 is 5.85. The first kappa shape index (κ1) is 13.8. The lowest BCUT2D eigenvalue weighted by atomic mass is 10.1. The molecule has 3 nitrogen and oxygen atoms in total. The molecule has 0 saturated carbocycles. The van der Waals surface area contributed by atoms with E-state index in [4.69, 9.17) is 9.72 Å². The first-order valence-corrected chi connectivity index (χ1v) is 6.82. The van der Waals surface area contributed by atoms with Crippen molar-refractivity contribution in [3.63, 3.8) is 0 Å². The zero-order chi connectivity index (χ0) is 13.8. The average molecular weight is 258 g/mol. The summed E-state index contributed by atoms with van der Waals surface area (Å²) in [6, 6.07) is 8.30. The summed E-state index contributed by atoms with van der Waals surface area (Å²) in [6.07, 6.45) is 1.10. The van der Waals surface area contributed by atoms with Crippen LogP contribution in [0.2, 0.25) is 0 Å². The third kappa shape index (κ3) is 3.24. The minimum atomic E-state index is 0.162. The maximum atomic E-state index is 5.85. The number of aromatic nitrogens is 1. The van der Waals surface area contributed by atoms with Crippen LogP contribution in [0.5, 0.6) is 5.75 Å². The molecule has 1 aromatic heterocycles. The van der Waals surface area contributed by atoms with Crippen LogP contribution in [0.4, 0.5) is 0 Å². The molecule has 0 atom stereocenters. The van der Waals surface area contributed by atoms with Crippen molar-refractivity contribution >= 4 is 10.9 Å². The predicted octanol–water partition coefficient (Wildman–Crippen LogP) is 3.09. The molecule has 0 unspecified atom stereocenters. The minimum Gasteiger partial charge on any atom is -0.489 e. The van der Waals surface area contributed by atoms with Gasteiger partial charge in [-0.3, -0.25) is 0 Å². The number of pyridine rings is 1. The number of hydrogen-bond acceptors (Lipinski definition) is 3. The standard InChI is InChI=1S/C16H22N2O/c1-11(2)19-15-7-5-6-13-10-12(3)14(8-9-17-4)18-16(13)15/h5-7,10-11,17H,8-9H2,1-4H3. The van der Waals surface area contributed by atoms with Gasteiger partial charge in [-0.05, 0) is 45.5 Å². The SMILES string of the molecule is CNCCc1nc2c(OC(C)C)cccc2cc1C. The van der Waals surface area contributed by atoms with Gasteiger partial charge in [-0.15, -0.1) is 0 Å². The van der Waals surface area contributed by atoms with E-state index >= 15 is 0 Å². The summed E-state index contributed by atoms with van der Waals surface area (Å²) in [6.45, 7) is 7.13. The normalized spacial score (nSPS) is 11.2. The fourth-order valence-electron chi connectivity index (χ4n) is 2.16. The van der Waals surface area contributed by atoms with E-state index in [1.165, 1.54) is 5.56 Å². The summed E-state index contributed by atoms with van der Waals surface area (Å²) in [4.78, 5) is 4.80. The summed E-state index contributed by atoms with van der Waals surface area (Å²) in [7, 11) is 1.96. The van der Waals surface area contributed by atoms with Crippen molar-refractivity contribution in [2.45, 2.75) is 33.3 Å². The van der Waals surface area contributed by atoms with Gasteiger partial charge in [-0.2, -0.15) is 0 Å². The molecule has 0 fully saturated rings. The molecular weight excluding hydrogens is 236 g/mol. The zero-order valence-electron chi connectivity index (χ0n) is 12.2. The van der Waals surface area contributed by atoms with Gasteiger partial charge >= 0.3 is 0 Å². The van der Waals surface area contributed by atoms with Gasteiger partial charge in [0, 0.05) is 24.0 Å². The van der Waals surface area contributed by atoms with Crippen LogP contribution in [0, 0.1) is 6.92 Å². The van der Waals surface area contributed by atoms with E-state index in [1.807, 2.05) is 33.0 Å². The van der Waals surface area contributed by atoms with E-state index in [-0.39, 0.29) is 6.10 Å². The molecule has 0 bridgehead atoms. The summed E-state index contributed by atoms with van der Waals surface area (Å²) in [5.74, 6) is 0.873. The fraction of sp³-hybridized carbons (Fsp3) is 0.438. The molecule has 0 saturated heterocycles. The highest BCUT2D eigenvalue weighted by Crippen LogP contribution is 2.26. The van der Waals surface area contributed by atoms with Crippen LogP contribution in [0.25, 0.3) is 10.9 Å². The van der Waals surface area contributed by atoms with Crippen molar-refractivity contribution in [1.82, 2.24) is 10.3 Å². The third-order valence-electron chi connectivity index (χ3n) is 3.08. The van der Waals surface area contributed by atoms with Gasteiger partial charge < -0.3 is 10.1 Å². The molecule has 19 heavy (non-hydrogen) atoms. The molecule has 0 aliphatic carbocycles. The number of hydrogen-bond donors (Lipinski definition) is 1. The number of likely N-dealkylation sites (N-methyl/N-ethyl adjacent to an activating group) is 1. The molecule has 1 heterocycles. The first-order valence-electron chi connectivity index (χ1n) is 6.82. The maximum Gasteiger partial charge on any atom is 0.145 e. The van der Waals surface area contributed by atoms with Crippen molar-refractivity contribution in [3.05, 3.63) is 35.5 Å². The van der Waals surface area contributed by atoms with Gasteiger partial charge in [0.1, 0.15) is 11.3 Å². The Bertz CT molecular complexity index is 564. The molecule has 2 rings (SSSR count). The largest absolute Gasteiger partial charge is 0.489 e. The number of nitrogens with one attached hydrogen (secondary N) is 1. The molecule has 102 valence electrons. The van der Waals surface area contributed by atoms with Gasteiger partial charge in [0.25, 0.3) is 0 Å². The highest BCUT2D eigenvalue weighted by atomic mass is 16.5. The van der Waals surface area contributed by atoms with Crippen LogP contribution in [-0.2, 0) is 6.42 Å². The number of benzene rings is 1. The van der Waals surface area contributed by atoms with E-state index < -0.39 is 0 Å². The number of ether oxygens (including phenoxy) is 1. The highest BCUT2D eigenvalue weighted by Gasteiger charge is 2.09. The zero-order valence-corrected chi connectivity index (χ0v) is 12.2. The molecule has 1 N–H and O–H groups in total. The van der Waals surface area contributed by atoms with Gasteiger partial charge in [0.15, 0.2) is 0 Å². The van der Waals surface area contributed by atoms with Crippen molar-refractivity contribution in [2.75, 3.05) is 13.6 Å². The van der Waals surface area contributed by atoms with E-state index in [9.17, 15) is 0 Å². The fourth-order valence-corrected chi connectivity index (χ4v) is 2.16. The van der Waals surface area contributed by atoms with Crippen molar-refractivity contribution in [3.8, 4) is 5.75 Å². The average Bonchev–Trinajstić information content (AvgIpc) is 2.36. The second-order valence-corrected chi connectivity index (χ2v) is 5.10. The van der Waals surface area contributed by atoms with Gasteiger partial charge in [0.05, 0.1) is 6.10 Å². The van der Waals surface area contributed by atoms with Crippen molar-refractivity contribution in [2.24, 2.45) is 0 Å². The Labute approximate surface area is 115 Å². The van der Waals surface area contributed by atoms with E-state index in [2.05, 4.69) is 24.4 Å². The molecular formula is C16H22N2O. The number of aryl methyl sites for hydroxylation is 1. The lowest BCUT2D eigenvalue weighted by Gasteiger charge is -2.13. The molecule has 0 aliphatic heterocycles. The van der Waals surface area contributed by atoms with Crippen LogP contribution < -0.4 is 10.1 Å². The monoisotopic (exact) mass is 258 g/mol. The minimum absolute atomic E-state index is 0.162. The van der Waals surface area contributed by atoms with Gasteiger partial charge in [-0.1, -0.05) is 12.1 Å². The van der Waals surface area contributed by atoms with Crippen LogP contribution in [-0.4, -0.2) is 24.7 Å². The Morgan fingerprint density at radius 3 is 2.79 bits per heavy atom. The summed E-state index contributed by atoms with van der Waals surface area (Å²) in [5, 5.41) is 4.31. The van der Waals surface area contributed by atoms with Gasteiger partial charge in [0.2, 0.25) is 0 Å². The second kappa shape index (κ2) is 6.02. The Balaban J connectivity index is 2.47. The Morgan fingerprint density at radius 1 is 1.32 bits per heavy atom. The molecule has 2 aromatic rings. The molecule has 1 aromatic carbocycles. The lowest BCUT2D eigenvalue weighted by Crippen LogP contribution is -2.12. The third-order valence-corrected chi connectivity index (χ3v) is 3.08. The van der Waals surface area contributed by atoms with E-state index in [0.29, 0.717) is 0 Å². The van der Waals surface area contributed by atoms with Crippen LogP contribution in [0.3, 0.4) is 0 Å². The number of para-hydroxylation sites is 1. The highest BCUT2D eigenvalue weighted by molar-refractivity contribution is 5.85. The Hall–Kier alpha value is -1.61. The number of nitrogens with zero attached hydrogens (tertiary/aromatic N) is 1. The van der Waals surface area contributed by atoms with Crippen LogP contribution >= 0.6 is 0 Å². The smallest absolute Gasteiger partial charge is 0.145 e. The Morgan fingerprint density at radius 2 is 2.11 bits per heavy atom. The van der Waals surface area contributed by atoms with E-state index in [1.54, 1.807) is 0 Å². The Kier molecular flexibility index (Phi) is 4.38. The maximum absolute atomic E-state index is 5.85. The first-order chi connectivity index (χ1) is 9.11. The van der Waals surface area contributed by atoms with E-state index in [0.717, 1.165) is 35.3 Å². The summed E-state index contributed by atoms with van der Waals surface area (Å²) in [5.41, 5.74) is 3.35. The quantitative estimate of drug-likeness (QED) is 0.895. The second-order valence-electron chi connectivity index (χ2n) is 5.10. The topological polar surface area (TPSA) is 34.2 Å². The van der Waals surface area contributed by atoms with Crippen molar-refractivity contribution < 1.29 is 4.74 Å². The number of fused-ring (bicyclic) bond motifs is 1. The van der Waals surface area contributed by atoms with Crippen molar-refractivity contribution in [1.29, 1.82) is 0 Å². The molecule has 0 radical (unpaired) electrons. The molecule has 0 aliphatic rings. The summed E-state index contributed by atoms with van der Waals surface area (Å²) >= 11 is 0. The predicted molar refractivity (Wildman–Crippen MR) is 79.9 cm³/mol. The van der Waals surface area contributed by atoms with Crippen LogP contribution in [0.1, 0.15) is 25.1 Å². The molecule has 3 heteroatoms. The lowest BCUT2D eigenvalue weighted by molar-refractivity contribution is 0.245. The number of rotatable bonds is 5. The van der Waals surface area contributed by atoms with Gasteiger partial charge in [-0.25, -0.2) is 4.98 Å². The van der Waals surface area contributed by atoms with Crippen LogP contribution in [0.15, 0.2) is 24.3 Å². The molecule has 0 amide bonds.